The van der Waals surface area contributed by atoms with Crippen LogP contribution < -0.4 is 0 Å². The Balaban J connectivity index is -0.0000000650. The van der Waals surface area contributed by atoms with E-state index in [1.807, 2.05) is 47.6 Å². The Bertz CT molecular complexity index is 144. The standard InChI is InChI=1S/C6H6O.3C2H6.I2/c7-6-4-2-1-3-5-6;4*1-2/h1-5,7H;3*1-2H3;. The van der Waals surface area contributed by atoms with Crippen LogP contribution in [-0.4, -0.2) is 5.11 Å². The molecule has 1 N–H and O–H groups in total. The lowest BCUT2D eigenvalue weighted by Gasteiger charge is -1.82. The molecule has 1 aromatic rings. The third-order valence-electron chi connectivity index (χ3n) is 0.756. The third-order valence-corrected chi connectivity index (χ3v) is 0.756. The molecule has 3 heteroatoms. The highest BCUT2D eigenvalue weighted by atomic mass is 128. The number of phenolic OH excluding ortho intramolecular Hbond substituents is 1. The van der Waals surface area contributed by atoms with Crippen molar-refractivity contribution in [2.75, 3.05) is 0 Å². The quantitative estimate of drug-likeness (QED) is 0.476. The van der Waals surface area contributed by atoms with Crippen LogP contribution >= 0.6 is 37.2 Å². The van der Waals surface area contributed by atoms with Crippen molar-refractivity contribution in [2.24, 2.45) is 0 Å². The van der Waals surface area contributed by atoms with E-state index in [0.717, 1.165) is 0 Å². The first-order valence-corrected chi connectivity index (χ1v) is 11.6. The van der Waals surface area contributed by atoms with Gasteiger partial charge in [0, 0.05) is 37.2 Å². The Kier molecular flexibility index (Phi) is 60.1. The average molecular weight is 438 g/mol. The Labute approximate surface area is 119 Å². The molecule has 1 aromatic carbocycles. The van der Waals surface area contributed by atoms with Gasteiger partial charge in [-0.15, -0.1) is 0 Å². The van der Waals surface area contributed by atoms with Crippen LogP contribution in [0.3, 0.4) is 0 Å². The van der Waals surface area contributed by atoms with Gasteiger partial charge in [-0.1, -0.05) is 59.7 Å². The summed E-state index contributed by atoms with van der Waals surface area (Å²) < 4.78 is 0. The van der Waals surface area contributed by atoms with Gasteiger partial charge in [-0.05, 0) is 12.1 Å². The zero-order valence-corrected chi connectivity index (χ0v) is 14.9. The molecule has 1 rings (SSSR count). The molecular weight excluding hydrogens is 414 g/mol. The average Bonchev–Trinajstić information content (AvgIpc) is 2.40. The van der Waals surface area contributed by atoms with Gasteiger partial charge in [0.1, 0.15) is 5.75 Å². The number of hydrogen-bond donors (Lipinski definition) is 1. The van der Waals surface area contributed by atoms with E-state index in [4.69, 9.17) is 5.11 Å². The molecule has 0 fully saturated rings. The number of aromatic hydroxyl groups is 1. The van der Waals surface area contributed by atoms with Crippen LogP contribution in [0.2, 0.25) is 0 Å². The zero-order chi connectivity index (χ0) is 13.1. The molecular formula is C12H24I2O. The molecule has 0 heterocycles. The fourth-order valence-corrected chi connectivity index (χ4v) is 0.428. The van der Waals surface area contributed by atoms with Gasteiger partial charge in [0.05, 0.1) is 0 Å². The van der Waals surface area contributed by atoms with Crippen molar-refractivity contribution in [1.29, 1.82) is 0 Å². The summed E-state index contributed by atoms with van der Waals surface area (Å²) in [5.41, 5.74) is 0. The predicted molar refractivity (Wildman–Crippen MR) is 90.2 cm³/mol. The van der Waals surface area contributed by atoms with E-state index in [1.165, 1.54) is 0 Å². The second-order valence-electron chi connectivity index (χ2n) is 1.34. The lowest BCUT2D eigenvalue weighted by Crippen LogP contribution is -1.56. The fourth-order valence-electron chi connectivity index (χ4n) is 0.428. The number of para-hydroxylation sites is 1. The molecule has 0 spiro atoms. The van der Waals surface area contributed by atoms with Crippen LogP contribution in [0.25, 0.3) is 0 Å². The predicted octanol–water partition coefficient (Wildman–Crippen LogP) is 6.24. The van der Waals surface area contributed by atoms with E-state index in [0.29, 0.717) is 5.75 Å². The largest absolute Gasteiger partial charge is 0.508 e. The fraction of sp³-hybridized carbons (Fsp3) is 0.500. The molecule has 0 unspecified atom stereocenters. The molecule has 0 atom stereocenters. The van der Waals surface area contributed by atoms with Gasteiger partial charge in [-0.3, -0.25) is 0 Å². The summed E-state index contributed by atoms with van der Waals surface area (Å²) in [6.45, 7) is 12.0. The van der Waals surface area contributed by atoms with Crippen molar-refractivity contribution in [3.63, 3.8) is 0 Å². The normalized spacial score (nSPS) is 5.60. The van der Waals surface area contributed by atoms with Gasteiger partial charge in [0.25, 0.3) is 0 Å². The van der Waals surface area contributed by atoms with Crippen molar-refractivity contribution >= 4 is 37.2 Å². The van der Waals surface area contributed by atoms with Crippen LogP contribution in [0, 0.1) is 0 Å². The Morgan fingerprint density at radius 2 is 1.00 bits per heavy atom. The van der Waals surface area contributed by atoms with Crippen molar-refractivity contribution in [3.05, 3.63) is 30.3 Å². The summed E-state index contributed by atoms with van der Waals surface area (Å²) in [7, 11) is 0. The molecule has 92 valence electrons. The van der Waals surface area contributed by atoms with Crippen LogP contribution in [-0.2, 0) is 0 Å². The summed E-state index contributed by atoms with van der Waals surface area (Å²) in [6, 6.07) is 8.71. The molecule has 0 aliphatic carbocycles. The van der Waals surface area contributed by atoms with E-state index in [-0.39, 0.29) is 0 Å². The maximum Gasteiger partial charge on any atom is 0.115 e. The zero-order valence-electron chi connectivity index (χ0n) is 10.6. The molecule has 0 amide bonds. The topological polar surface area (TPSA) is 20.2 Å². The molecule has 15 heavy (non-hydrogen) atoms. The highest BCUT2D eigenvalue weighted by molar-refractivity contribution is 15.0. The smallest absolute Gasteiger partial charge is 0.115 e. The molecule has 0 aliphatic rings. The van der Waals surface area contributed by atoms with Crippen LogP contribution in [0.5, 0.6) is 5.75 Å². The Morgan fingerprint density at radius 3 is 1.13 bits per heavy atom. The van der Waals surface area contributed by atoms with Gasteiger partial charge in [0.2, 0.25) is 0 Å². The lowest BCUT2D eigenvalue weighted by molar-refractivity contribution is 0.475. The van der Waals surface area contributed by atoms with Crippen molar-refractivity contribution in [3.8, 4) is 5.75 Å². The van der Waals surface area contributed by atoms with Crippen molar-refractivity contribution in [2.45, 2.75) is 41.5 Å². The third kappa shape index (κ3) is 31.4. The van der Waals surface area contributed by atoms with E-state index in [2.05, 4.69) is 37.2 Å². The molecule has 0 saturated carbocycles. The maximum atomic E-state index is 8.63. The second-order valence-corrected chi connectivity index (χ2v) is 1.34. The monoisotopic (exact) mass is 438 g/mol. The highest BCUT2D eigenvalue weighted by Gasteiger charge is 1.74. The Hall–Kier alpha value is 0.480. The minimum Gasteiger partial charge on any atom is -0.508 e. The van der Waals surface area contributed by atoms with Crippen LogP contribution in [0.1, 0.15) is 41.5 Å². The first-order chi connectivity index (χ1) is 7.39. The van der Waals surface area contributed by atoms with Gasteiger partial charge in [-0.25, -0.2) is 0 Å². The highest BCUT2D eigenvalue weighted by Crippen LogP contribution is 2.02. The first kappa shape index (κ1) is 24.6. The number of benzene rings is 1. The summed E-state index contributed by atoms with van der Waals surface area (Å²) in [5, 5.41) is 8.63. The Morgan fingerprint density at radius 1 is 0.733 bits per heavy atom. The lowest BCUT2D eigenvalue weighted by atomic mass is 10.3. The molecule has 0 bridgehead atoms. The number of halogens is 2. The number of hydrogen-bond acceptors (Lipinski definition) is 1. The second kappa shape index (κ2) is 36.6. The first-order valence-electron chi connectivity index (χ1n) is 5.28. The van der Waals surface area contributed by atoms with Crippen molar-refractivity contribution < 1.29 is 5.11 Å². The maximum absolute atomic E-state index is 8.63. The van der Waals surface area contributed by atoms with E-state index < -0.39 is 0 Å². The van der Waals surface area contributed by atoms with Gasteiger partial charge >= 0.3 is 0 Å². The van der Waals surface area contributed by atoms with Crippen LogP contribution in [0.15, 0.2) is 30.3 Å². The number of phenols is 1. The van der Waals surface area contributed by atoms with E-state index >= 15 is 0 Å². The molecule has 1 nitrogen and oxygen atoms in total. The molecule has 0 radical (unpaired) electrons. The SMILES string of the molecule is CC.CC.CC.II.Oc1ccccc1. The summed E-state index contributed by atoms with van der Waals surface area (Å²) >= 11 is 4.24. The molecule has 0 aromatic heterocycles. The van der Waals surface area contributed by atoms with Crippen molar-refractivity contribution in [1.82, 2.24) is 0 Å². The van der Waals surface area contributed by atoms with E-state index in [9.17, 15) is 0 Å². The minimum atomic E-state index is 0.322. The van der Waals surface area contributed by atoms with Gasteiger partial charge in [0.15, 0.2) is 0 Å². The van der Waals surface area contributed by atoms with Gasteiger partial charge in [-0.2, -0.15) is 0 Å². The molecule has 0 aliphatic heterocycles. The van der Waals surface area contributed by atoms with Gasteiger partial charge < -0.3 is 5.11 Å². The minimum absolute atomic E-state index is 0.322. The van der Waals surface area contributed by atoms with Crippen LogP contribution in [0.4, 0.5) is 0 Å². The summed E-state index contributed by atoms with van der Waals surface area (Å²) in [5.74, 6) is 0.322. The summed E-state index contributed by atoms with van der Waals surface area (Å²) in [6.07, 6.45) is 0. The summed E-state index contributed by atoms with van der Waals surface area (Å²) in [4.78, 5) is 0. The number of rotatable bonds is 0. The van der Waals surface area contributed by atoms with E-state index in [1.54, 1.807) is 24.3 Å². The molecule has 0 saturated heterocycles.